The third-order valence-electron chi connectivity index (χ3n) is 14.3. The second-order valence-electron chi connectivity index (χ2n) is 17.2. The monoisotopic (exact) mass is 891 g/mol. The van der Waals surface area contributed by atoms with Crippen LogP contribution in [0.4, 0.5) is 0 Å². The normalized spacial score (nSPS) is 18.7. The molecule has 0 N–H and O–H groups in total. The van der Waals surface area contributed by atoms with Crippen LogP contribution in [-0.2, 0) is 16.4 Å². The molecule has 0 radical (unpaired) electrons. The predicted octanol–water partition coefficient (Wildman–Crippen LogP) is 13.9. The minimum absolute atomic E-state index is 0.0772. The number of hydrogen-bond donors (Lipinski definition) is 0. The molecule has 9 rings (SSSR count). The van der Waals surface area contributed by atoms with Crippen molar-refractivity contribution in [3.8, 4) is 33.4 Å². The van der Waals surface area contributed by atoms with Gasteiger partial charge in [-0.05, 0) is 0 Å². The van der Waals surface area contributed by atoms with Crippen LogP contribution in [0.25, 0.3) is 45.5 Å². The van der Waals surface area contributed by atoms with E-state index in [1.165, 1.54) is 91.6 Å². The van der Waals surface area contributed by atoms with Gasteiger partial charge in [-0.1, -0.05) is 0 Å². The standard InChI is InChI=1S/2C21H23.C12H9Si.2ClH.Zr/c2*1-4-15(3)18-10-6-7-11-19(18)20-12-8-9-17-13-16(5-2)14-21(17)20;1-3-7-11-9(5-1)10-6-2-4-8-12(10)13-11;;;/h2*6-15H,4-5H2,1-3H3;1-7H,13H2;2*1H;/q;;;;;+2/p-2. The fraction of sp³-hybridized carbons (Fsp3) is 0.259. The van der Waals surface area contributed by atoms with E-state index in [-0.39, 0.29) is 7.25 Å². The number of hydrogen-bond acceptors (Lipinski definition) is 0. The minimum atomic E-state index is -5.57. The van der Waals surface area contributed by atoms with Crippen LogP contribution in [0.2, 0.25) is 0 Å². The summed E-state index contributed by atoms with van der Waals surface area (Å²) in [5.41, 5.74) is 18.8. The molecule has 4 heteroatoms. The molecule has 4 unspecified atom stereocenters. The van der Waals surface area contributed by atoms with E-state index in [1.807, 2.05) is 0 Å². The Morgan fingerprint density at radius 2 is 0.931 bits per heavy atom. The Bertz CT molecular complexity index is 2520. The van der Waals surface area contributed by atoms with Gasteiger partial charge in [0.2, 0.25) is 0 Å². The second-order valence-corrected chi connectivity index (χ2v) is 39.7. The van der Waals surface area contributed by atoms with Crippen molar-refractivity contribution < 1.29 is 16.4 Å². The first-order chi connectivity index (χ1) is 28.1. The van der Waals surface area contributed by atoms with Gasteiger partial charge < -0.3 is 0 Å². The third kappa shape index (κ3) is 6.06. The molecule has 293 valence electrons. The van der Waals surface area contributed by atoms with E-state index in [1.54, 1.807) is 0 Å². The molecule has 1 aliphatic heterocycles. The third-order valence-corrected chi connectivity index (χ3v) is 37.1. The number of rotatable bonds is 11. The molecule has 2 aliphatic carbocycles. The molecule has 0 aromatic heterocycles. The molecule has 3 aliphatic rings. The van der Waals surface area contributed by atoms with Gasteiger partial charge in [0.1, 0.15) is 0 Å². The van der Waals surface area contributed by atoms with Crippen molar-refractivity contribution in [1.82, 2.24) is 0 Å². The van der Waals surface area contributed by atoms with E-state index >= 15 is 0 Å². The van der Waals surface area contributed by atoms with Crippen molar-refractivity contribution in [3.63, 3.8) is 0 Å². The summed E-state index contributed by atoms with van der Waals surface area (Å²) in [6.07, 6.45) is 9.01. The van der Waals surface area contributed by atoms with Crippen LogP contribution < -0.4 is 13.6 Å². The maximum atomic E-state index is 9.28. The summed E-state index contributed by atoms with van der Waals surface area (Å²) in [5.74, 6) is 0.907. The van der Waals surface area contributed by atoms with Crippen molar-refractivity contribution in [2.45, 2.75) is 86.3 Å². The summed E-state index contributed by atoms with van der Waals surface area (Å²) >= 11 is -5.57. The fourth-order valence-electron chi connectivity index (χ4n) is 11.1. The summed E-state index contributed by atoms with van der Waals surface area (Å²) < 4.78 is 1.15. The van der Waals surface area contributed by atoms with Crippen LogP contribution in [-0.4, -0.2) is 9.52 Å². The van der Waals surface area contributed by atoms with Crippen molar-refractivity contribution in [1.29, 1.82) is 0 Å². The number of halogens is 2. The molecule has 0 amide bonds. The summed E-state index contributed by atoms with van der Waals surface area (Å²) in [7, 11) is 17.7. The molecule has 1 heterocycles. The molecule has 0 saturated heterocycles. The SMILES string of the molecule is CCC1=Cc2c(-c3ccccc3C(C)CC)cccc2[CH]1[Zr]([Cl])([Cl])([c]1cccc2c1[SiH2]c1ccccc1-2)[CH]1C(CC)=Cc2c(-c3ccccc3C(C)CC)cccc21. The summed E-state index contributed by atoms with van der Waals surface area (Å²) in [6.45, 7) is 13.9. The van der Waals surface area contributed by atoms with Crippen LogP contribution >= 0.6 is 17.0 Å². The van der Waals surface area contributed by atoms with Crippen LogP contribution in [0.15, 0.2) is 139 Å². The first-order valence-electron chi connectivity index (χ1n) is 21.8. The number of benzene rings is 6. The zero-order valence-electron chi connectivity index (χ0n) is 34.9. The zero-order chi connectivity index (χ0) is 40.4. The van der Waals surface area contributed by atoms with Gasteiger partial charge in [-0.3, -0.25) is 0 Å². The summed E-state index contributed by atoms with van der Waals surface area (Å²) in [6, 6.07) is 48.2. The molecule has 0 bridgehead atoms. The summed E-state index contributed by atoms with van der Waals surface area (Å²) in [4.78, 5) is 0. The Kier molecular flexibility index (Phi) is 10.7. The van der Waals surface area contributed by atoms with Gasteiger partial charge in [0.25, 0.3) is 0 Å². The second kappa shape index (κ2) is 15.5. The molecule has 6 aromatic carbocycles. The Balaban J connectivity index is 1.34. The van der Waals surface area contributed by atoms with E-state index in [0.29, 0.717) is 11.8 Å². The van der Waals surface area contributed by atoms with Gasteiger partial charge in [-0.25, -0.2) is 0 Å². The Labute approximate surface area is 357 Å². The predicted molar refractivity (Wildman–Crippen MR) is 254 cm³/mol. The van der Waals surface area contributed by atoms with Gasteiger partial charge in [0, 0.05) is 0 Å². The maximum absolute atomic E-state index is 9.28. The van der Waals surface area contributed by atoms with Gasteiger partial charge in [0.05, 0.1) is 0 Å². The Morgan fingerprint density at radius 1 is 0.500 bits per heavy atom. The first kappa shape index (κ1) is 39.9. The van der Waals surface area contributed by atoms with Crippen LogP contribution in [0.5, 0.6) is 0 Å². The molecule has 58 heavy (non-hydrogen) atoms. The van der Waals surface area contributed by atoms with Gasteiger partial charge in [-0.2, -0.15) is 0 Å². The van der Waals surface area contributed by atoms with Gasteiger partial charge >= 0.3 is 360 Å². The number of allylic oxidation sites excluding steroid dienone is 2. The molecular formula is C54H55Cl2SiZr. The summed E-state index contributed by atoms with van der Waals surface area (Å²) in [5, 5.41) is 2.98. The van der Waals surface area contributed by atoms with E-state index in [9.17, 15) is 17.0 Å². The Morgan fingerprint density at radius 3 is 1.43 bits per heavy atom. The van der Waals surface area contributed by atoms with Crippen molar-refractivity contribution in [2.24, 2.45) is 0 Å². The quantitative estimate of drug-likeness (QED) is 0.114. The molecule has 4 atom stereocenters. The van der Waals surface area contributed by atoms with E-state index < -0.39 is 25.9 Å². The van der Waals surface area contributed by atoms with Crippen LogP contribution in [0.3, 0.4) is 0 Å². The van der Waals surface area contributed by atoms with Gasteiger partial charge in [-0.15, -0.1) is 0 Å². The Hall–Kier alpha value is -3.52. The van der Waals surface area contributed by atoms with Crippen molar-refractivity contribution in [2.75, 3.05) is 0 Å². The molecule has 6 aromatic rings. The van der Waals surface area contributed by atoms with Crippen molar-refractivity contribution in [3.05, 3.63) is 172 Å². The molecule has 0 fully saturated rings. The molecule has 0 saturated carbocycles. The first-order valence-corrected chi connectivity index (χ1v) is 33.6. The average Bonchev–Trinajstić information content (AvgIpc) is 3.98. The zero-order valence-corrected chi connectivity index (χ0v) is 40.3. The van der Waals surface area contributed by atoms with Gasteiger partial charge in [0.15, 0.2) is 0 Å². The van der Waals surface area contributed by atoms with Crippen LogP contribution in [0.1, 0.15) is 120 Å². The van der Waals surface area contributed by atoms with E-state index in [4.69, 9.17) is 0 Å². The van der Waals surface area contributed by atoms with Crippen LogP contribution in [0, 0.1) is 0 Å². The average molecular weight is 894 g/mol. The van der Waals surface area contributed by atoms with Crippen molar-refractivity contribution >= 4 is 52.3 Å². The van der Waals surface area contributed by atoms with E-state index in [0.717, 1.165) is 25.7 Å². The fourth-order valence-corrected chi connectivity index (χ4v) is 39.4. The molecule has 0 nitrogen and oxygen atoms in total. The number of fused-ring (bicyclic) bond motifs is 5. The molecule has 0 spiro atoms. The van der Waals surface area contributed by atoms with E-state index in [2.05, 4.69) is 181 Å². The molecular weight excluding hydrogens is 839 g/mol. The topological polar surface area (TPSA) is 0 Å².